The normalized spacial score (nSPS) is 25.3. The second-order valence-corrected chi connectivity index (χ2v) is 7.67. The Morgan fingerprint density at radius 2 is 1.57 bits per heavy atom. The van der Waals surface area contributed by atoms with Gasteiger partial charge in [-0.15, -0.1) is 0 Å². The van der Waals surface area contributed by atoms with Gasteiger partial charge in [-0.3, -0.25) is 0 Å². The Bertz CT molecular complexity index is 582. The van der Waals surface area contributed by atoms with Crippen molar-refractivity contribution < 1.29 is 12.8 Å². The van der Waals surface area contributed by atoms with Gasteiger partial charge in [0.05, 0.1) is 6.04 Å². The van der Waals surface area contributed by atoms with Crippen LogP contribution in [-0.2, 0) is 10.2 Å². The van der Waals surface area contributed by atoms with Gasteiger partial charge < -0.3 is 0 Å². The molecular formula is C15H21FN2O2S. The van der Waals surface area contributed by atoms with E-state index in [1.165, 1.54) is 12.1 Å². The molecule has 2 aliphatic rings. The van der Waals surface area contributed by atoms with Gasteiger partial charge >= 0.3 is 0 Å². The maximum Gasteiger partial charge on any atom is 0.282 e. The van der Waals surface area contributed by atoms with Crippen molar-refractivity contribution in [1.82, 2.24) is 8.61 Å². The van der Waals surface area contributed by atoms with Crippen LogP contribution in [-0.4, -0.2) is 36.7 Å². The van der Waals surface area contributed by atoms with Gasteiger partial charge in [-0.2, -0.15) is 17.0 Å². The molecule has 0 aliphatic carbocycles. The molecule has 21 heavy (non-hydrogen) atoms. The van der Waals surface area contributed by atoms with E-state index in [0.29, 0.717) is 19.6 Å². The third-order valence-electron chi connectivity index (χ3n) is 4.40. The number of hydrogen-bond donors (Lipinski definition) is 0. The molecule has 4 nitrogen and oxygen atoms in total. The number of hydrogen-bond acceptors (Lipinski definition) is 2. The lowest BCUT2D eigenvalue weighted by atomic mass is 9.97. The molecule has 0 aromatic heterocycles. The average molecular weight is 312 g/mol. The summed E-state index contributed by atoms with van der Waals surface area (Å²) in [5, 5.41) is 0. The van der Waals surface area contributed by atoms with Crippen molar-refractivity contribution in [2.24, 2.45) is 0 Å². The first-order chi connectivity index (χ1) is 10.1. The molecule has 3 rings (SSSR count). The van der Waals surface area contributed by atoms with Crippen LogP contribution in [0.25, 0.3) is 0 Å². The van der Waals surface area contributed by atoms with E-state index in [-0.39, 0.29) is 11.9 Å². The fourth-order valence-electron chi connectivity index (χ4n) is 3.27. The van der Waals surface area contributed by atoms with Gasteiger partial charge in [0.15, 0.2) is 0 Å². The molecule has 2 fully saturated rings. The monoisotopic (exact) mass is 312 g/mol. The molecular weight excluding hydrogens is 291 g/mol. The van der Waals surface area contributed by atoms with Gasteiger partial charge in [0.2, 0.25) is 0 Å². The third-order valence-corrected chi connectivity index (χ3v) is 6.44. The largest absolute Gasteiger partial charge is 0.282 e. The van der Waals surface area contributed by atoms with E-state index < -0.39 is 10.2 Å². The average Bonchev–Trinajstić information content (AvgIpc) is 3.03. The minimum absolute atomic E-state index is 0.162. The highest BCUT2D eigenvalue weighted by molar-refractivity contribution is 7.86. The van der Waals surface area contributed by atoms with Gasteiger partial charge in [0.25, 0.3) is 10.2 Å². The van der Waals surface area contributed by atoms with E-state index in [1.54, 1.807) is 20.7 Å². The Kier molecular flexibility index (Phi) is 4.28. The van der Waals surface area contributed by atoms with Crippen LogP contribution >= 0.6 is 0 Å². The van der Waals surface area contributed by atoms with Crippen LogP contribution in [0.3, 0.4) is 0 Å². The Morgan fingerprint density at radius 1 is 0.952 bits per heavy atom. The SMILES string of the molecule is O=S(=O)(N1CCCC1)N1CCCC[C@@H]1c1ccc(F)cc1. The van der Waals surface area contributed by atoms with Crippen LogP contribution in [0.4, 0.5) is 4.39 Å². The summed E-state index contributed by atoms with van der Waals surface area (Å²) in [5.41, 5.74) is 0.888. The van der Waals surface area contributed by atoms with Crippen molar-refractivity contribution in [3.8, 4) is 0 Å². The Hall–Kier alpha value is -0.980. The topological polar surface area (TPSA) is 40.6 Å². The maximum atomic E-state index is 13.1. The summed E-state index contributed by atoms with van der Waals surface area (Å²) in [4.78, 5) is 0. The van der Waals surface area contributed by atoms with Crippen LogP contribution < -0.4 is 0 Å². The predicted molar refractivity (Wildman–Crippen MR) is 79.4 cm³/mol. The minimum Gasteiger partial charge on any atom is -0.207 e. The van der Waals surface area contributed by atoms with Crippen molar-refractivity contribution in [2.75, 3.05) is 19.6 Å². The zero-order valence-corrected chi connectivity index (χ0v) is 12.9. The highest BCUT2D eigenvalue weighted by atomic mass is 32.2. The van der Waals surface area contributed by atoms with E-state index >= 15 is 0 Å². The van der Waals surface area contributed by atoms with Crippen molar-refractivity contribution in [2.45, 2.75) is 38.1 Å². The van der Waals surface area contributed by atoms with Crippen molar-refractivity contribution in [3.63, 3.8) is 0 Å². The first-order valence-electron chi connectivity index (χ1n) is 7.61. The number of rotatable bonds is 3. The van der Waals surface area contributed by atoms with Crippen LogP contribution in [0.1, 0.15) is 43.7 Å². The number of nitrogens with zero attached hydrogens (tertiary/aromatic N) is 2. The molecule has 0 amide bonds. The summed E-state index contributed by atoms with van der Waals surface area (Å²) in [6, 6.07) is 6.06. The Labute approximate surface area is 125 Å². The second kappa shape index (κ2) is 6.02. The molecule has 2 aliphatic heterocycles. The van der Waals surface area contributed by atoms with Gasteiger partial charge in [-0.05, 0) is 43.4 Å². The lowest BCUT2D eigenvalue weighted by Gasteiger charge is -2.37. The first-order valence-corrected chi connectivity index (χ1v) is 9.01. The molecule has 2 saturated heterocycles. The Balaban J connectivity index is 1.89. The van der Waals surface area contributed by atoms with Crippen LogP contribution in [0.15, 0.2) is 24.3 Å². The van der Waals surface area contributed by atoms with Crippen molar-refractivity contribution >= 4 is 10.2 Å². The summed E-state index contributed by atoms with van der Waals surface area (Å²) < 4.78 is 41.9. The summed E-state index contributed by atoms with van der Waals surface area (Å²) in [6.07, 6.45) is 4.58. The van der Waals surface area contributed by atoms with E-state index in [1.807, 2.05) is 0 Å². The molecule has 0 bridgehead atoms. The quantitative estimate of drug-likeness (QED) is 0.861. The number of halogens is 1. The van der Waals surface area contributed by atoms with Gasteiger partial charge in [0.1, 0.15) is 5.82 Å². The van der Waals surface area contributed by atoms with Crippen LogP contribution in [0, 0.1) is 5.82 Å². The summed E-state index contributed by atoms with van der Waals surface area (Å²) in [5.74, 6) is -0.288. The van der Waals surface area contributed by atoms with Gasteiger partial charge in [-0.25, -0.2) is 4.39 Å². The van der Waals surface area contributed by atoms with Crippen molar-refractivity contribution in [1.29, 1.82) is 0 Å². The smallest absolute Gasteiger partial charge is 0.207 e. The maximum absolute atomic E-state index is 13.1. The molecule has 0 N–H and O–H groups in total. The molecule has 2 heterocycles. The van der Waals surface area contributed by atoms with E-state index in [4.69, 9.17) is 0 Å². The number of piperidine rings is 1. The van der Waals surface area contributed by atoms with Gasteiger partial charge in [0, 0.05) is 19.6 Å². The Morgan fingerprint density at radius 3 is 2.24 bits per heavy atom. The molecule has 1 aromatic carbocycles. The lowest BCUT2D eigenvalue weighted by Crippen LogP contribution is -2.46. The lowest BCUT2D eigenvalue weighted by molar-refractivity contribution is 0.238. The van der Waals surface area contributed by atoms with E-state index in [0.717, 1.165) is 37.7 Å². The first kappa shape index (κ1) is 14.9. The van der Waals surface area contributed by atoms with Gasteiger partial charge in [-0.1, -0.05) is 18.6 Å². The van der Waals surface area contributed by atoms with Crippen molar-refractivity contribution in [3.05, 3.63) is 35.6 Å². The zero-order chi connectivity index (χ0) is 14.9. The molecule has 1 aromatic rings. The standard InChI is InChI=1S/C15H21FN2O2S/c16-14-8-6-13(7-9-14)15-5-1-2-12-18(15)21(19,20)17-10-3-4-11-17/h6-9,15H,1-5,10-12H2/t15-/m1/s1. The number of benzene rings is 1. The summed E-state index contributed by atoms with van der Waals surface area (Å²) in [7, 11) is -3.40. The van der Waals surface area contributed by atoms with Crippen LogP contribution in [0.5, 0.6) is 0 Å². The third kappa shape index (κ3) is 2.98. The molecule has 116 valence electrons. The summed E-state index contributed by atoms with van der Waals surface area (Å²) in [6.45, 7) is 1.80. The molecule has 0 radical (unpaired) electrons. The molecule has 1 atom stereocenters. The highest BCUT2D eigenvalue weighted by Crippen LogP contribution is 2.34. The molecule has 0 spiro atoms. The van der Waals surface area contributed by atoms with E-state index in [2.05, 4.69) is 0 Å². The molecule has 0 saturated carbocycles. The second-order valence-electron chi connectivity index (χ2n) is 5.79. The highest BCUT2D eigenvalue weighted by Gasteiger charge is 2.38. The van der Waals surface area contributed by atoms with E-state index in [9.17, 15) is 12.8 Å². The predicted octanol–water partition coefficient (Wildman–Crippen LogP) is 2.69. The molecule has 6 heteroatoms. The minimum atomic E-state index is -3.40. The fourth-order valence-corrected chi connectivity index (χ4v) is 5.19. The van der Waals surface area contributed by atoms with Crippen LogP contribution in [0.2, 0.25) is 0 Å². The zero-order valence-electron chi connectivity index (χ0n) is 12.0. The molecule has 0 unspecified atom stereocenters. The fraction of sp³-hybridized carbons (Fsp3) is 0.600. The summed E-state index contributed by atoms with van der Waals surface area (Å²) >= 11 is 0.